The minimum absolute atomic E-state index is 0.130. The minimum Gasteiger partial charge on any atom is -0.495 e. The lowest BCUT2D eigenvalue weighted by Crippen LogP contribution is -2.07. The molecule has 0 N–H and O–H groups in total. The van der Waals surface area contributed by atoms with Crippen molar-refractivity contribution < 1.29 is 13.2 Å². The number of halogens is 1. The normalized spacial score (nSPS) is 11.3. The van der Waals surface area contributed by atoms with E-state index in [0.717, 1.165) is 0 Å². The zero-order valence-electron chi connectivity index (χ0n) is 13.3. The molecule has 3 rings (SSSR count). The van der Waals surface area contributed by atoms with Crippen LogP contribution >= 0.6 is 15.9 Å². The van der Waals surface area contributed by atoms with Crippen molar-refractivity contribution in [2.75, 3.05) is 7.11 Å². The maximum absolute atomic E-state index is 12.8. The van der Waals surface area contributed by atoms with Crippen LogP contribution in [0.4, 0.5) is 0 Å². The molecule has 0 saturated heterocycles. The van der Waals surface area contributed by atoms with Crippen LogP contribution in [0.3, 0.4) is 0 Å². The quantitative estimate of drug-likeness (QED) is 0.630. The molecule has 2 heterocycles. The first-order chi connectivity index (χ1) is 12.0. The third-order valence-corrected chi connectivity index (χ3v) is 5.63. The molecule has 0 aliphatic heterocycles. The number of hydrogen-bond acceptors (Lipinski definition) is 6. The summed E-state index contributed by atoms with van der Waals surface area (Å²) in [5, 5.41) is 0. The molecule has 6 nitrogen and oxygen atoms in total. The summed E-state index contributed by atoms with van der Waals surface area (Å²) in [6.45, 7) is 0. The SMILES string of the molecule is COc1ccc(Br)cc1S(=O)(=O)Cc1cncc(-c2ncccn2)c1. The molecule has 0 atom stereocenters. The minimum atomic E-state index is -3.61. The zero-order chi connectivity index (χ0) is 17.9. The van der Waals surface area contributed by atoms with Gasteiger partial charge in [-0.2, -0.15) is 0 Å². The highest BCUT2D eigenvalue weighted by Crippen LogP contribution is 2.30. The second kappa shape index (κ2) is 7.28. The number of hydrogen-bond donors (Lipinski definition) is 0. The highest BCUT2D eigenvalue weighted by molar-refractivity contribution is 9.10. The number of pyridine rings is 1. The monoisotopic (exact) mass is 419 g/mol. The summed E-state index contributed by atoms with van der Waals surface area (Å²) < 4.78 is 31.5. The standard InChI is InChI=1S/C17H14BrN3O3S/c1-24-15-4-3-14(18)8-16(15)25(22,23)11-12-7-13(10-19-9-12)17-20-5-2-6-21-17/h2-10H,11H2,1H3. The fourth-order valence-corrected chi connectivity index (χ4v) is 4.36. The largest absolute Gasteiger partial charge is 0.495 e. The van der Waals surface area contributed by atoms with Crippen molar-refractivity contribution in [3.63, 3.8) is 0 Å². The van der Waals surface area contributed by atoms with Crippen molar-refractivity contribution in [2.45, 2.75) is 10.6 Å². The van der Waals surface area contributed by atoms with Crippen molar-refractivity contribution in [3.05, 3.63) is 65.2 Å². The number of rotatable bonds is 5. The number of ether oxygens (including phenoxy) is 1. The molecule has 0 saturated carbocycles. The third kappa shape index (κ3) is 4.02. The summed E-state index contributed by atoms with van der Waals surface area (Å²) in [6, 6.07) is 8.32. The second-order valence-electron chi connectivity index (χ2n) is 5.21. The van der Waals surface area contributed by atoms with Crippen LogP contribution in [0.25, 0.3) is 11.4 Å². The van der Waals surface area contributed by atoms with E-state index in [9.17, 15) is 8.42 Å². The van der Waals surface area contributed by atoms with Crippen LogP contribution < -0.4 is 4.74 Å². The van der Waals surface area contributed by atoms with Crippen LogP contribution in [0.1, 0.15) is 5.56 Å². The summed E-state index contributed by atoms with van der Waals surface area (Å²) in [4.78, 5) is 12.6. The Kier molecular flexibility index (Phi) is 5.10. The highest BCUT2D eigenvalue weighted by Gasteiger charge is 2.21. The van der Waals surface area contributed by atoms with Gasteiger partial charge in [0.05, 0.1) is 12.9 Å². The topological polar surface area (TPSA) is 82.0 Å². The van der Waals surface area contributed by atoms with Gasteiger partial charge < -0.3 is 4.74 Å². The molecule has 0 amide bonds. The van der Waals surface area contributed by atoms with Crippen molar-refractivity contribution in [1.29, 1.82) is 0 Å². The fourth-order valence-electron chi connectivity index (χ4n) is 2.33. The van der Waals surface area contributed by atoms with Gasteiger partial charge in [0.1, 0.15) is 10.6 Å². The molecule has 0 radical (unpaired) electrons. The molecule has 0 spiro atoms. The van der Waals surface area contributed by atoms with Gasteiger partial charge in [0.25, 0.3) is 0 Å². The summed E-state index contributed by atoms with van der Waals surface area (Å²) >= 11 is 3.30. The molecule has 2 aromatic heterocycles. The van der Waals surface area contributed by atoms with Crippen molar-refractivity contribution >= 4 is 25.8 Å². The number of aromatic nitrogens is 3. The van der Waals surface area contributed by atoms with Gasteiger partial charge in [-0.3, -0.25) is 4.98 Å². The number of nitrogens with zero attached hydrogens (tertiary/aromatic N) is 3. The van der Waals surface area contributed by atoms with Crippen molar-refractivity contribution in [3.8, 4) is 17.1 Å². The van der Waals surface area contributed by atoms with Gasteiger partial charge >= 0.3 is 0 Å². The maximum atomic E-state index is 12.8. The van der Waals surface area contributed by atoms with E-state index in [1.54, 1.807) is 42.9 Å². The van der Waals surface area contributed by atoms with Gasteiger partial charge in [0.2, 0.25) is 0 Å². The lowest BCUT2D eigenvalue weighted by atomic mass is 10.2. The number of benzene rings is 1. The molecule has 1 aromatic carbocycles. The van der Waals surface area contributed by atoms with E-state index < -0.39 is 9.84 Å². The summed E-state index contributed by atoms with van der Waals surface area (Å²) in [7, 11) is -2.17. The Hall–Kier alpha value is -2.32. The molecular formula is C17H14BrN3O3S. The van der Waals surface area contributed by atoms with Crippen LogP contribution in [-0.4, -0.2) is 30.5 Å². The Morgan fingerprint density at radius 1 is 1.12 bits per heavy atom. The van der Waals surface area contributed by atoms with E-state index in [-0.39, 0.29) is 10.6 Å². The average molecular weight is 420 g/mol. The van der Waals surface area contributed by atoms with Crippen molar-refractivity contribution in [2.24, 2.45) is 0 Å². The van der Waals surface area contributed by atoms with Gasteiger partial charge in [0, 0.05) is 34.8 Å². The van der Waals surface area contributed by atoms with Gasteiger partial charge in [-0.15, -0.1) is 0 Å². The molecule has 25 heavy (non-hydrogen) atoms. The maximum Gasteiger partial charge on any atom is 0.186 e. The highest BCUT2D eigenvalue weighted by atomic mass is 79.9. The van der Waals surface area contributed by atoms with E-state index >= 15 is 0 Å². The predicted octanol–water partition coefficient (Wildman–Crippen LogP) is 3.28. The summed E-state index contributed by atoms with van der Waals surface area (Å²) in [5.41, 5.74) is 1.21. The third-order valence-electron chi connectivity index (χ3n) is 3.44. The van der Waals surface area contributed by atoms with Crippen LogP contribution in [-0.2, 0) is 15.6 Å². The van der Waals surface area contributed by atoms with Crippen LogP contribution in [0.2, 0.25) is 0 Å². The van der Waals surface area contributed by atoms with E-state index in [4.69, 9.17) is 4.74 Å². The first-order valence-electron chi connectivity index (χ1n) is 7.27. The van der Waals surface area contributed by atoms with E-state index in [2.05, 4.69) is 30.9 Å². The van der Waals surface area contributed by atoms with Crippen LogP contribution in [0.5, 0.6) is 5.75 Å². The van der Waals surface area contributed by atoms with E-state index in [1.807, 2.05) is 0 Å². The Morgan fingerprint density at radius 3 is 2.60 bits per heavy atom. The van der Waals surface area contributed by atoms with Crippen LogP contribution in [0, 0.1) is 0 Å². The Bertz CT molecular complexity index is 995. The molecule has 0 aliphatic carbocycles. The Morgan fingerprint density at radius 2 is 1.88 bits per heavy atom. The van der Waals surface area contributed by atoms with Crippen LogP contribution in [0.15, 0.2) is 64.5 Å². The van der Waals surface area contributed by atoms with Gasteiger partial charge in [-0.05, 0) is 35.9 Å². The first-order valence-corrected chi connectivity index (χ1v) is 9.72. The average Bonchev–Trinajstić information content (AvgIpc) is 2.62. The Balaban J connectivity index is 1.96. The zero-order valence-corrected chi connectivity index (χ0v) is 15.7. The number of sulfone groups is 1. The second-order valence-corrected chi connectivity index (χ2v) is 8.08. The van der Waals surface area contributed by atoms with Gasteiger partial charge in [0.15, 0.2) is 15.7 Å². The van der Waals surface area contributed by atoms with Gasteiger partial charge in [-0.1, -0.05) is 15.9 Å². The van der Waals surface area contributed by atoms with E-state index in [1.165, 1.54) is 19.4 Å². The summed E-state index contributed by atoms with van der Waals surface area (Å²) in [5.74, 6) is 0.598. The molecule has 0 fully saturated rings. The Labute approximate surface area is 154 Å². The molecule has 0 unspecified atom stereocenters. The van der Waals surface area contributed by atoms with E-state index in [0.29, 0.717) is 27.2 Å². The molecule has 128 valence electrons. The molecule has 0 bridgehead atoms. The van der Waals surface area contributed by atoms with Crippen molar-refractivity contribution in [1.82, 2.24) is 15.0 Å². The lowest BCUT2D eigenvalue weighted by Gasteiger charge is -2.10. The smallest absolute Gasteiger partial charge is 0.186 e. The fraction of sp³-hybridized carbons (Fsp3) is 0.118. The molecule has 3 aromatic rings. The van der Waals surface area contributed by atoms with Gasteiger partial charge in [-0.25, -0.2) is 18.4 Å². The molecule has 8 heteroatoms. The summed E-state index contributed by atoms with van der Waals surface area (Å²) in [6.07, 6.45) is 6.37. The lowest BCUT2D eigenvalue weighted by molar-refractivity contribution is 0.402. The molecular weight excluding hydrogens is 406 g/mol. The molecule has 0 aliphatic rings. The predicted molar refractivity (Wildman–Crippen MR) is 96.8 cm³/mol. The number of methoxy groups -OCH3 is 1. The first kappa shape index (κ1) is 17.5.